The molecule has 0 rings (SSSR count). The van der Waals surface area contributed by atoms with Crippen molar-refractivity contribution in [1.29, 1.82) is 0 Å². The molecule has 27 heteroatoms. The van der Waals surface area contributed by atoms with Gasteiger partial charge in [-0.2, -0.15) is 0 Å². The number of hydrogen-bond donors (Lipinski definition) is 9. The first-order chi connectivity index (χ1) is 36.9. The van der Waals surface area contributed by atoms with Crippen molar-refractivity contribution in [2.75, 3.05) is 45.9 Å². The van der Waals surface area contributed by atoms with Gasteiger partial charge in [-0.3, -0.25) is 28.8 Å². The van der Waals surface area contributed by atoms with E-state index in [4.69, 9.17) is 48.5 Å². The summed E-state index contributed by atoms with van der Waals surface area (Å²) < 4.78 is 35.2. The lowest BCUT2D eigenvalue weighted by Gasteiger charge is -2.22. The van der Waals surface area contributed by atoms with Gasteiger partial charge in [-0.15, -0.1) is 0 Å². The second-order valence-corrected chi connectivity index (χ2v) is 23.3. The first kappa shape index (κ1) is 80.6. The molecule has 0 saturated heterocycles. The van der Waals surface area contributed by atoms with Gasteiger partial charge in [0.15, 0.2) is 0 Å². The minimum Gasteiger partial charge on any atom is -0.480 e. The third kappa shape index (κ3) is 69.2. The molecule has 0 aromatic heterocycles. The Labute approximate surface area is 478 Å². The molecule has 0 spiro atoms. The Bertz CT molecular complexity index is 1800. The van der Waals surface area contributed by atoms with Crippen molar-refractivity contribution in [1.82, 2.24) is 31.9 Å². The molecule has 0 aliphatic carbocycles. The maximum atomic E-state index is 12.5. The lowest BCUT2D eigenvalue weighted by molar-refractivity contribution is -0.158. The monoisotopic (exact) mass is 1170 g/mol. The largest absolute Gasteiger partial charge is 0.480 e. The van der Waals surface area contributed by atoms with Crippen LogP contribution in [0, 0.1) is 5.92 Å². The summed E-state index contributed by atoms with van der Waals surface area (Å²) in [5.74, 6) is -5.11. The molecule has 0 fully saturated rings. The number of carboxylic acid groups (broad SMARTS) is 3. The molecule has 0 bridgehead atoms. The molecule has 0 aliphatic heterocycles. The number of unbranched alkanes of at least 4 members (excludes halogenated alkanes) is 9. The Morgan fingerprint density at radius 2 is 0.679 bits per heavy atom. The predicted octanol–water partition coefficient (Wildman–Crippen LogP) is 7.73. The van der Waals surface area contributed by atoms with E-state index >= 15 is 0 Å². The fraction of sp³-hybridized carbons (Fsp3) is 0.796. The Kier molecular flexibility index (Phi) is 42.8. The van der Waals surface area contributed by atoms with E-state index in [0.717, 1.165) is 12.8 Å². The topological polar surface area (TPSA) is 385 Å². The van der Waals surface area contributed by atoms with Crippen LogP contribution in [0.3, 0.4) is 0 Å². The zero-order valence-electron chi connectivity index (χ0n) is 51.3. The minimum atomic E-state index is -1.10. The van der Waals surface area contributed by atoms with Gasteiger partial charge in [0.1, 0.15) is 73.4 Å². The highest BCUT2D eigenvalue weighted by molar-refractivity contribution is 5.80. The van der Waals surface area contributed by atoms with Crippen LogP contribution in [-0.4, -0.2) is 162 Å². The standard InChI is InChI=1S/C33H61N3O9.3C7H13NO4/c1-9-10-11-12-13-14-15-16-17-18-19-34-27(37)21-25(2)20-26(43-29(39)23-36-31(41)45-33(6,7)8)24-42-28(38)22-35-30(40)44-32(3,4)5;3*1-7(2,3)12-6(11)8-4-5(9)10/h25-26H,9-24H2,1-8H3,(H,34,37)(H,35,40)(H,36,41);3*4H2,1-3H3,(H,8,11)(H,9,10)/t25?,26-;;;/m1.../s1. The van der Waals surface area contributed by atoms with E-state index < -0.39 is 127 Å². The molecule has 6 amide bonds. The van der Waals surface area contributed by atoms with Crippen molar-refractivity contribution in [3.63, 3.8) is 0 Å². The van der Waals surface area contributed by atoms with Crippen molar-refractivity contribution in [2.45, 2.75) is 229 Å². The van der Waals surface area contributed by atoms with E-state index in [2.05, 4.69) is 38.8 Å². The number of amides is 6. The van der Waals surface area contributed by atoms with Gasteiger partial charge in [0.05, 0.1) is 0 Å². The smallest absolute Gasteiger partial charge is 0.408 e. The number of carboxylic acids is 3. The molecular weight excluding hydrogens is 1070 g/mol. The zero-order chi connectivity index (χ0) is 63.6. The quantitative estimate of drug-likeness (QED) is 0.0205. The molecule has 0 heterocycles. The number of alkyl carbamates (subject to hydrolysis) is 5. The van der Waals surface area contributed by atoms with Crippen LogP contribution in [0.5, 0.6) is 0 Å². The molecular formula is C54H100N6O21. The molecule has 2 atom stereocenters. The number of carbonyl (C=O) groups is 11. The summed E-state index contributed by atoms with van der Waals surface area (Å²) in [6, 6.07) is 0. The van der Waals surface area contributed by atoms with E-state index in [1.54, 1.807) is 104 Å². The lowest BCUT2D eigenvalue weighted by Crippen LogP contribution is -2.39. The first-order valence-electron chi connectivity index (χ1n) is 27.1. The van der Waals surface area contributed by atoms with Crippen LogP contribution < -0.4 is 31.9 Å². The van der Waals surface area contributed by atoms with Gasteiger partial charge in [0, 0.05) is 13.0 Å². The number of carbonyl (C=O) groups excluding carboxylic acids is 8. The minimum absolute atomic E-state index is 0.103. The summed E-state index contributed by atoms with van der Waals surface area (Å²) in [5, 5.41) is 38.4. The fourth-order valence-electron chi connectivity index (χ4n) is 5.68. The van der Waals surface area contributed by atoms with Crippen molar-refractivity contribution < 1.29 is 101 Å². The number of esters is 2. The molecule has 27 nitrogen and oxygen atoms in total. The van der Waals surface area contributed by atoms with E-state index in [1.807, 2.05) is 6.92 Å². The highest BCUT2D eigenvalue weighted by atomic mass is 16.6. The summed E-state index contributed by atoms with van der Waals surface area (Å²) in [6.07, 6.45) is 8.05. The van der Waals surface area contributed by atoms with Crippen LogP contribution in [0.2, 0.25) is 0 Å². The zero-order valence-corrected chi connectivity index (χ0v) is 51.3. The summed E-state index contributed by atoms with van der Waals surface area (Å²) in [7, 11) is 0. The number of nitrogens with one attached hydrogen (secondary N) is 6. The van der Waals surface area contributed by atoms with E-state index in [-0.39, 0.29) is 31.3 Å². The molecule has 0 radical (unpaired) electrons. The molecule has 472 valence electrons. The van der Waals surface area contributed by atoms with Gasteiger partial charge in [-0.1, -0.05) is 71.6 Å². The third-order valence-corrected chi connectivity index (χ3v) is 8.68. The van der Waals surface area contributed by atoms with Gasteiger partial charge in [0.2, 0.25) is 5.91 Å². The van der Waals surface area contributed by atoms with E-state index in [9.17, 15) is 52.7 Å². The SMILES string of the molecule is CC(C)(C)OC(=O)NCC(=O)O.CC(C)(C)OC(=O)NCC(=O)O.CC(C)(C)OC(=O)NCC(=O)O.CCCCCCCCCCCCNC(=O)CC(C)C[C@H](COC(=O)CNC(=O)OC(C)(C)C)OC(=O)CNC(=O)OC(C)(C)C. The average Bonchev–Trinajstić information content (AvgIpc) is 3.27. The Morgan fingerprint density at radius 1 is 0.395 bits per heavy atom. The van der Waals surface area contributed by atoms with E-state index in [1.165, 1.54) is 51.4 Å². The normalized spacial score (nSPS) is 11.8. The van der Waals surface area contributed by atoms with Crippen LogP contribution in [-0.2, 0) is 61.9 Å². The predicted molar refractivity (Wildman–Crippen MR) is 298 cm³/mol. The van der Waals surface area contributed by atoms with Gasteiger partial charge in [0.25, 0.3) is 0 Å². The summed E-state index contributed by atoms with van der Waals surface area (Å²) in [6.45, 7) is 27.7. The molecule has 9 N–H and O–H groups in total. The van der Waals surface area contributed by atoms with Crippen molar-refractivity contribution in [2.24, 2.45) is 5.92 Å². The number of hydrogen-bond acceptors (Lipinski definition) is 18. The fourth-order valence-corrected chi connectivity index (χ4v) is 5.68. The van der Waals surface area contributed by atoms with Crippen LogP contribution in [0.4, 0.5) is 24.0 Å². The Morgan fingerprint density at radius 3 is 0.975 bits per heavy atom. The van der Waals surface area contributed by atoms with Crippen LogP contribution in [0.1, 0.15) is 195 Å². The van der Waals surface area contributed by atoms with Crippen LogP contribution >= 0.6 is 0 Å². The highest BCUT2D eigenvalue weighted by Crippen LogP contribution is 2.16. The first-order valence-corrected chi connectivity index (χ1v) is 27.1. The third-order valence-electron chi connectivity index (χ3n) is 8.68. The molecule has 0 aliphatic rings. The second-order valence-electron chi connectivity index (χ2n) is 23.3. The molecule has 0 aromatic carbocycles. The lowest BCUT2D eigenvalue weighted by atomic mass is 9.99. The summed E-state index contributed by atoms with van der Waals surface area (Å²) in [4.78, 5) is 123. The van der Waals surface area contributed by atoms with Gasteiger partial charge < -0.3 is 80.4 Å². The molecule has 81 heavy (non-hydrogen) atoms. The Balaban J connectivity index is -0.000000655. The second kappa shape index (κ2) is 43.0. The van der Waals surface area contributed by atoms with Gasteiger partial charge in [-0.25, -0.2) is 24.0 Å². The van der Waals surface area contributed by atoms with Crippen LogP contribution in [0.15, 0.2) is 0 Å². The van der Waals surface area contributed by atoms with Crippen LogP contribution in [0.25, 0.3) is 0 Å². The van der Waals surface area contributed by atoms with Gasteiger partial charge >= 0.3 is 60.3 Å². The van der Waals surface area contributed by atoms with Gasteiger partial charge in [-0.05, 0) is 123 Å². The molecule has 0 saturated carbocycles. The Hall–Kier alpha value is -6.83. The van der Waals surface area contributed by atoms with Crippen molar-refractivity contribution >= 4 is 66.2 Å². The maximum absolute atomic E-state index is 12.5. The van der Waals surface area contributed by atoms with Crippen molar-refractivity contribution in [3.05, 3.63) is 0 Å². The number of aliphatic carboxylic acids is 3. The molecule has 0 aromatic rings. The van der Waals surface area contributed by atoms with Crippen molar-refractivity contribution in [3.8, 4) is 0 Å². The number of ether oxygens (including phenoxy) is 7. The average molecular weight is 1170 g/mol. The molecule has 1 unspecified atom stereocenters. The van der Waals surface area contributed by atoms with E-state index in [0.29, 0.717) is 6.54 Å². The number of rotatable bonds is 28. The summed E-state index contributed by atoms with van der Waals surface area (Å²) >= 11 is 0. The summed E-state index contributed by atoms with van der Waals surface area (Å²) in [5.41, 5.74) is -3.24. The highest BCUT2D eigenvalue weighted by Gasteiger charge is 2.25. The maximum Gasteiger partial charge on any atom is 0.408 e.